The van der Waals surface area contributed by atoms with Crippen molar-refractivity contribution in [3.63, 3.8) is 0 Å². The third-order valence-corrected chi connectivity index (χ3v) is 5.26. The molecule has 1 fully saturated rings. The van der Waals surface area contributed by atoms with Gasteiger partial charge < -0.3 is 15.5 Å². The lowest BCUT2D eigenvalue weighted by Crippen LogP contribution is -2.53. The van der Waals surface area contributed by atoms with Gasteiger partial charge in [-0.15, -0.1) is 0 Å². The van der Waals surface area contributed by atoms with E-state index in [0.29, 0.717) is 0 Å². The third kappa shape index (κ3) is 6.89. The van der Waals surface area contributed by atoms with Crippen LogP contribution in [0.4, 0.5) is 4.79 Å². The first-order chi connectivity index (χ1) is 11.1. The SMILES string of the molecule is CCSN(C)CC(NC(=O)NCC(=O)N1CCC[C@H]1C)C(C)(C)C. The smallest absolute Gasteiger partial charge is 0.315 e. The summed E-state index contributed by atoms with van der Waals surface area (Å²) in [6.45, 7) is 12.1. The maximum Gasteiger partial charge on any atom is 0.315 e. The first kappa shape index (κ1) is 21.1. The van der Waals surface area contributed by atoms with Crippen LogP contribution in [0.2, 0.25) is 0 Å². The van der Waals surface area contributed by atoms with Crippen LogP contribution < -0.4 is 10.6 Å². The van der Waals surface area contributed by atoms with Gasteiger partial charge in [-0.25, -0.2) is 4.79 Å². The number of likely N-dealkylation sites (tertiary alicyclic amines) is 1. The fourth-order valence-electron chi connectivity index (χ4n) is 2.84. The Bertz CT molecular complexity index is 425. The molecular weight excluding hydrogens is 324 g/mol. The second kappa shape index (κ2) is 9.51. The highest BCUT2D eigenvalue weighted by molar-refractivity contribution is 7.96. The number of urea groups is 1. The van der Waals surface area contributed by atoms with Gasteiger partial charge in [-0.1, -0.05) is 39.6 Å². The Hall–Kier alpha value is -0.950. The number of carbonyl (C=O) groups excluding carboxylic acids is 2. The molecule has 0 saturated carbocycles. The normalized spacial score (nSPS) is 19.5. The minimum atomic E-state index is -0.273. The number of carbonyl (C=O) groups is 2. The fourth-order valence-corrected chi connectivity index (χ4v) is 3.53. The Kier molecular flexibility index (Phi) is 8.36. The summed E-state index contributed by atoms with van der Waals surface area (Å²) < 4.78 is 2.15. The van der Waals surface area contributed by atoms with Gasteiger partial charge in [0.15, 0.2) is 0 Å². The lowest BCUT2D eigenvalue weighted by atomic mass is 9.87. The third-order valence-electron chi connectivity index (χ3n) is 4.41. The van der Waals surface area contributed by atoms with Gasteiger partial charge in [0.05, 0.1) is 6.54 Å². The van der Waals surface area contributed by atoms with Gasteiger partial charge in [0.2, 0.25) is 5.91 Å². The molecule has 1 saturated heterocycles. The van der Waals surface area contributed by atoms with E-state index in [0.717, 1.165) is 31.7 Å². The molecule has 6 nitrogen and oxygen atoms in total. The molecule has 0 aromatic heterocycles. The van der Waals surface area contributed by atoms with E-state index in [1.807, 2.05) is 11.9 Å². The van der Waals surface area contributed by atoms with Gasteiger partial charge in [0, 0.05) is 30.9 Å². The standard InChI is InChI=1S/C17H34N4O2S/c1-7-24-20(6)12-14(17(3,4)5)19-16(23)18-11-15(22)21-10-8-9-13(21)2/h13-14H,7-12H2,1-6H3,(H2,18,19,23)/t13-,14?/m1/s1. The van der Waals surface area contributed by atoms with Crippen molar-refractivity contribution in [1.82, 2.24) is 19.8 Å². The number of likely N-dealkylation sites (N-methyl/N-ethyl adjacent to an activating group) is 1. The molecule has 1 aliphatic heterocycles. The highest BCUT2D eigenvalue weighted by Crippen LogP contribution is 2.22. The van der Waals surface area contributed by atoms with Crippen molar-refractivity contribution in [2.75, 3.05) is 32.4 Å². The van der Waals surface area contributed by atoms with Crippen molar-refractivity contribution in [1.29, 1.82) is 0 Å². The molecule has 3 amide bonds. The summed E-state index contributed by atoms with van der Waals surface area (Å²) in [5.74, 6) is 1.00. The molecule has 0 aromatic rings. The molecule has 2 atom stereocenters. The van der Waals surface area contributed by atoms with Crippen molar-refractivity contribution < 1.29 is 9.59 Å². The molecule has 0 spiro atoms. The molecule has 0 radical (unpaired) electrons. The fraction of sp³-hybridized carbons (Fsp3) is 0.882. The van der Waals surface area contributed by atoms with Crippen molar-refractivity contribution in [3.05, 3.63) is 0 Å². The van der Waals surface area contributed by atoms with E-state index in [1.165, 1.54) is 0 Å². The predicted molar refractivity (Wildman–Crippen MR) is 101 cm³/mol. The quantitative estimate of drug-likeness (QED) is 0.686. The molecule has 7 heteroatoms. The molecule has 1 rings (SSSR count). The molecule has 1 aliphatic rings. The minimum Gasteiger partial charge on any atom is -0.338 e. The number of hydrogen-bond donors (Lipinski definition) is 2. The second-order valence-corrected chi connectivity index (χ2v) is 9.01. The molecule has 0 aliphatic carbocycles. The Balaban J connectivity index is 2.48. The van der Waals surface area contributed by atoms with Gasteiger partial charge in [0.25, 0.3) is 0 Å². The van der Waals surface area contributed by atoms with E-state index < -0.39 is 0 Å². The van der Waals surface area contributed by atoms with Crippen LogP contribution in [0.1, 0.15) is 47.5 Å². The average Bonchev–Trinajstić information content (AvgIpc) is 2.89. The predicted octanol–water partition coefficient (Wildman–Crippen LogP) is 2.31. The molecule has 24 heavy (non-hydrogen) atoms. The average molecular weight is 359 g/mol. The van der Waals surface area contributed by atoms with Crippen molar-refractivity contribution >= 4 is 23.9 Å². The van der Waals surface area contributed by atoms with E-state index in [1.54, 1.807) is 11.9 Å². The summed E-state index contributed by atoms with van der Waals surface area (Å²) >= 11 is 1.74. The number of hydrogen-bond acceptors (Lipinski definition) is 4. The molecule has 0 aromatic carbocycles. The van der Waals surface area contributed by atoms with Crippen LogP contribution in [-0.2, 0) is 4.79 Å². The molecule has 140 valence electrons. The van der Waals surface area contributed by atoms with E-state index in [4.69, 9.17) is 0 Å². The number of nitrogens with one attached hydrogen (secondary N) is 2. The van der Waals surface area contributed by atoms with Crippen molar-refractivity contribution in [3.8, 4) is 0 Å². The Morgan fingerprint density at radius 1 is 1.38 bits per heavy atom. The summed E-state index contributed by atoms with van der Waals surface area (Å²) in [4.78, 5) is 26.3. The zero-order valence-corrected chi connectivity index (χ0v) is 16.8. The van der Waals surface area contributed by atoms with Gasteiger partial charge in [-0.2, -0.15) is 0 Å². The highest BCUT2D eigenvalue weighted by Gasteiger charge is 2.28. The zero-order valence-electron chi connectivity index (χ0n) is 16.0. The van der Waals surface area contributed by atoms with E-state index in [9.17, 15) is 9.59 Å². The highest BCUT2D eigenvalue weighted by atomic mass is 32.2. The van der Waals surface area contributed by atoms with Crippen LogP contribution in [0, 0.1) is 5.41 Å². The molecule has 1 unspecified atom stereocenters. The van der Waals surface area contributed by atoms with Crippen molar-refractivity contribution in [2.24, 2.45) is 5.41 Å². The summed E-state index contributed by atoms with van der Waals surface area (Å²) in [5.41, 5.74) is -0.0621. The lowest BCUT2D eigenvalue weighted by molar-refractivity contribution is -0.130. The maximum atomic E-state index is 12.2. The van der Waals surface area contributed by atoms with Crippen LogP contribution in [-0.4, -0.2) is 65.7 Å². The Labute approximate surface area is 151 Å². The number of nitrogens with zero attached hydrogens (tertiary/aromatic N) is 2. The Morgan fingerprint density at radius 3 is 2.54 bits per heavy atom. The zero-order chi connectivity index (χ0) is 18.3. The van der Waals surface area contributed by atoms with Crippen molar-refractivity contribution in [2.45, 2.75) is 59.5 Å². The summed E-state index contributed by atoms with van der Waals surface area (Å²) in [6, 6.07) is 0.0109. The largest absolute Gasteiger partial charge is 0.338 e. The summed E-state index contributed by atoms with van der Waals surface area (Å²) in [7, 11) is 2.03. The maximum absolute atomic E-state index is 12.2. The Morgan fingerprint density at radius 2 is 2.04 bits per heavy atom. The van der Waals surface area contributed by atoms with E-state index >= 15 is 0 Å². The topological polar surface area (TPSA) is 64.7 Å². The van der Waals surface area contributed by atoms with E-state index in [-0.39, 0.29) is 36.0 Å². The first-order valence-electron chi connectivity index (χ1n) is 8.83. The minimum absolute atomic E-state index is 0.00103. The van der Waals surface area contributed by atoms with Crippen LogP contribution >= 0.6 is 11.9 Å². The van der Waals surface area contributed by atoms with Crippen LogP contribution in [0.5, 0.6) is 0 Å². The second-order valence-electron chi connectivity index (χ2n) is 7.55. The number of amides is 3. The number of rotatable bonds is 7. The van der Waals surface area contributed by atoms with Gasteiger partial charge in [0.1, 0.15) is 0 Å². The monoisotopic (exact) mass is 358 g/mol. The molecule has 2 N–H and O–H groups in total. The summed E-state index contributed by atoms with van der Waals surface area (Å²) in [5, 5.41) is 5.75. The van der Waals surface area contributed by atoms with Crippen LogP contribution in [0.3, 0.4) is 0 Å². The van der Waals surface area contributed by atoms with Gasteiger partial charge in [-0.05, 0) is 32.2 Å². The first-order valence-corrected chi connectivity index (χ1v) is 9.77. The van der Waals surface area contributed by atoms with Gasteiger partial charge in [-0.3, -0.25) is 9.10 Å². The van der Waals surface area contributed by atoms with E-state index in [2.05, 4.69) is 49.6 Å². The molecule has 0 bridgehead atoms. The van der Waals surface area contributed by atoms with Gasteiger partial charge >= 0.3 is 6.03 Å². The summed E-state index contributed by atoms with van der Waals surface area (Å²) in [6.07, 6.45) is 2.10. The van der Waals surface area contributed by atoms with Crippen LogP contribution in [0.15, 0.2) is 0 Å². The molecule has 1 heterocycles. The molecular formula is C17H34N4O2S. The van der Waals surface area contributed by atoms with Crippen LogP contribution in [0.25, 0.3) is 0 Å². The lowest BCUT2D eigenvalue weighted by Gasteiger charge is -2.34.